The van der Waals surface area contributed by atoms with Gasteiger partial charge in [0.05, 0.1) is 4.88 Å². The molecule has 2 aromatic heterocycles. The number of hydrogen-bond acceptors (Lipinski definition) is 2. The second kappa shape index (κ2) is 7.01. The van der Waals surface area contributed by atoms with Gasteiger partial charge in [-0.2, -0.15) is 0 Å². The summed E-state index contributed by atoms with van der Waals surface area (Å²) in [6.07, 6.45) is 0. The van der Waals surface area contributed by atoms with Gasteiger partial charge in [0.1, 0.15) is 5.58 Å². The van der Waals surface area contributed by atoms with Gasteiger partial charge >= 0.3 is 0 Å². The molecular weight excluding hydrogens is 384 g/mol. The number of hydrogen-bond donors (Lipinski definition) is 0. The van der Waals surface area contributed by atoms with E-state index in [0.29, 0.717) is 0 Å². The molecule has 0 unspecified atom stereocenters. The molecule has 30 heavy (non-hydrogen) atoms. The zero-order valence-electron chi connectivity index (χ0n) is 16.2. The fourth-order valence-electron chi connectivity index (χ4n) is 4.16. The van der Waals surface area contributed by atoms with Crippen molar-refractivity contribution in [1.82, 2.24) is 0 Å². The molecule has 0 bridgehead atoms. The molecule has 0 aliphatic carbocycles. The second-order valence-electron chi connectivity index (χ2n) is 7.34. The molecule has 2 heteroatoms. The number of benzene rings is 4. The molecule has 6 rings (SSSR count). The molecular formula is C28H18OS. The van der Waals surface area contributed by atoms with Crippen LogP contribution in [0.2, 0.25) is 0 Å². The number of thiophene rings is 1. The van der Waals surface area contributed by atoms with E-state index in [1.807, 2.05) is 17.4 Å². The molecule has 0 spiro atoms. The summed E-state index contributed by atoms with van der Waals surface area (Å²) in [5.74, 6) is 0.950. The van der Waals surface area contributed by atoms with E-state index in [-0.39, 0.29) is 0 Å². The molecule has 0 saturated heterocycles. The molecule has 0 N–H and O–H groups in total. The average Bonchev–Trinajstić information content (AvgIpc) is 3.39. The summed E-state index contributed by atoms with van der Waals surface area (Å²) in [6.45, 7) is 0. The van der Waals surface area contributed by atoms with E-state index < -0.39 is 0 Å². The van der Waals surface area contributed by atoms with E-state index in [1.165, 1.54) is 31.7 Å². The molecule has 1 nitrogen and oxygen atoms in total. The van der Waals surface area contributed by atoms with Gasteiger partial charge in [0.15, 0.2) is 5.76 Å². The van der Waals surface area contributed by atoms with E-state index in [4.69, 9.17) is 4.42 Å². The average molecular weight is 403 g/mol. The lowest BCUT2D eigenvalue weighted by Crippen LogP contribution is -1.79. The smallest absolute Gasteiger partial charge is 0.153 e. The lowest BCUT2D eigenvalue weighted by Gasteiger charge is -2.03. The number of furan rings is 1. The zero-order chi connectivity index (χ0) is 19.9. The van der Waals surface area contributed by atoms with Gasteiger partial charge in [-0.05, 0) is 17.2 Å². The quantitative estimate of drug-likeness (QED) is 0.289. The van der Waals surface area contributed by atoms with Crippen LogP contribution < -0.4 is 0 Å². The standard InChI is InChI=1S/C28H18OS/c1-3-11-19(12-4-1)25-23-17-9-10-18-24(23)29-26(25)28-22-16-8-7-15-21(22)27(30-28)20-13-5-2-6-14-20/h1-18H. The summed E-state index contributed by atoms with van der Waals surface area (Å²) in [5.41, 5.74) is 4.50. The third kappa shape index (κ3) is 2.69. The van der Waals surface area contributed by atoms with Crippen molar-refractivity contribution < 1.29 is 4.42 Å². The first kappa shape index (κ1) is 17.3. The van der Waals surface area contributed by atoms with Gasteiger partial charge in [0, 0.05) is 26.6 Å². The molecule has 4 aromatic carbocycles. The Kier molecular flexibility index (Phi) is 4.03. The number of para-hydroxylation sites is 1. The van der Waals surface area contributed by atoms with Crippen LogP contribution in [-0.2, 0) is 0 Å². The van der Waals surface area contributed by atoms with Crippen LogP contribution in [0.3, 0.4) is 0 Å². The largest absolute Gasteiger partial charge is 0.455 e. The van der Waals surface area contributed by atoms with Crippen LogP contribution in [0.4, 0.5) is 0 Å². The molecule has 0 saturated carbocycles. The van der Waals surface area contributed by atoms with Gasteiger partial charge in [-0.1, -0.05) is 103 Å². The van der Waals surface area contributed by atoms with Gasteiger partial charge in [-0.3, -0.25) is 0 Å². The number of fused-ring (bicyclic) bond motifs is 2. The maximum absolute atomic E-state index is 6.51. The van der Waals surface area contributed by atoms with Crippen molar-refractivity contribution in [2.75, 3.05) is 0 Å². The van der Waals surface area contributed by atoms with Crippen LogP contribution in [0, 0.1) is 0 Å². The van der Waals surface area contributed by atoms with Crippen LogP contribution in [0.5, 0.6) is 0 Å². The van der Waals surface area contributed by atoms with E-state index in [0.717, 1.165) is 22.3 Å². The Labute approximate surface area is 178 Å². The van der Waals surface area contributed by atoms with Gasteiger partial charge in [-0.25, -0.2) is 0 Å². The fraction of sp³-hybridized carbons (Fsp3) is 0. The van der Waals surface area contributed by atoms with Crippen LogP contribution in [0.1, 0.15) is 0 Å². The second-order valence-corrected chi connectivity index (χ2v) is 8.36. The van der Waals surface area contributed by atoms with Crippen molar-refractivity contribution in [2.24, 2.45) is 0 Å². The van der Waals surface area contributed by atoms with Crippen LogP contribution in [0.25, 0.3) is 53.9 Å². The highest BCUT2D eigenvalue weighted by Crippen LogP contribution is 2.49. The summed E-state index contributed by atoms with van der Waals surface area (Å²) < 4.78 is 6.51. The van der Waals surface area contributed by atoms with Gasteiger partial charge in [0.25, 0.3) is 0 Å². The van der Waals surface area contributed by atoms with E-state index >= 15 is 0 Å². The topological polar surface area (TPSA) is 13.1 Å². The highest BCUT2D eigenvalue weighted by Gasteiger charge is 2.22. The van der Waals surface area contributed by atoms with Crippen LogP contribution in [0.15, 0.2) is 114 Å². The minimum absolute atomic E-state index is 0.921. The van der Waals surface area contributed by atoms with E-state index in [2.05, 4.69) is 103 Å². The highest BCUT2D eigenvalue weighted by molar-refractivity contribution is 7.21. The van der Waals surface area contributed by atoms with Crippen molar-refractivity contribution in [1.29, 1.82) is 0 Å². The molecule has 0 aliphatic rings. The predicted molar refractivity (Wildman–Crippen MR) is 128 cm³/mol. The summed E-state index contributed by atoms with van der Waals surface area (Å²) in [5, 5.41) is 3.65. The van der Waals surface area contributed by atoms with Crippen molar-refractivity contribution in [3.63, 3.8) is 0 Å². The van der Waals surface area contributed by atoms with Crippen LogP contribution >= 0.6 is 11.3 Å². The third-order valence-corrected chi connectivity index (χ3v) is 6.79. The zero-order valence-corrected chi connectivity index (χ0v) is 17.0. The third-order valence-electron chi connectivity index (χ3n) is 5.52. The monoisotopic (exact) mass is 402 g/mol. The SMILES string of the molecule is c1ccc(-c2c(-c3sc(-c4ccccc4)c4ccccc34)oc3ccccc23)cc1. The lowest BCUT2D eigenvalue weighted by atomic mass is 10.00. The molecule has 0 atom stereocenters. The molecule has 2 heterocycles. The maximum atomic E-state index is 6.51. The molecule has 0 aliphatic heterocycles. The normalized spacial score (nSPS) is 11.3. The Hall–Kier alpha value is -3.62. The minimum Gasteiger partial charge on any atom is -0.455 e. The lowest BCUT2D eigenvalue weighted by molar-refractivity contribution is 0.635. The first-order valence-corrected chi connectivity index (χ1v) is 10.9. The summed E-state index contributed by atoms with van der Waals surface area (Å²) >= 11 is 1.81. The van der Waals surface area contributed by atoms with Crippen molar-refractivity contribution in [3.8, 4) is 32.2 Å². The van der Waals surface area contributed by atoms with E-state index in [1.54, 1.807) is 0 Å². The molecule has 0 fully saturated rings. The Morgan fingerprint density at radius 3 is 1.70 bits per heavy atom. The fourth-order valence-corrected chi connectivity index (χ4v) is 5.43. The maximum Gasteiger partial charge on any atom is 0.153 e. The molecule has 142 valence electrons. The van der Waals surface area contributed by atoms with Crippen LogP contribution in [-0.4, -0.2) is 0 Å². The Morgan fingerprint density at radius 2 is 1.00 bits per heavy atom. The molecule has 0 amide bonds. The first-order chi connectivity index (χ1) is 14.9. The number of rotatable bonds is 3. The van der Waals surface area contributed by atoms with Crippen molar-refractivity contribution in [3.05, 3.63) is 109 Å². The van der Waals surface area contributed by atoms with Crippen molar-refractivity contribution in [2.45, 2.75) is 0 Å². The summed E-state index contributed by atoms with van der Waals surface area (Å²) in [4.78, 5) is 2.46. The Bertz CT molecular complexity index is 1470. The molecule has 6 aromatic rings. The molecule has 0 radical (unpaired) electrons. The van der Waals surface area contributed by atoms with Gasteiger partial charge in [0.2, 0.25) is 0 Å². The van der Waals surface area contributed by atoms with Gasteiger partial charge < -0.3 is 4.42 Å². The predicted octanol–water partition coefficient (Wildman–Crippen LogP) is 8.65. The minimum atomic E-state index is 0.921. The Morgan fingerprint density at radius 1 is 0.467 bits per heavy atom. The van der Waals surface area contributed by atoms with Crippen molar-refractivity contribution >= 4 is 33.1 Å². The highest BCUT2D eigenvalue weighted by atomic mass is 32.1. The summed E-state index contributed by atoms with van der Waals surface area (Å²) in [6, 6.07) is 38.1. The van der Waals surface area contributed by atoms with Gasteiger partial charge in [-0.15, -0.1) is 11.3 Å². The Balaban J connectivity index is 1.70. The first-order valence-electron chi connectivity index (χ1n) is 10.0. The summed E-state index contributed by atoms with van der Waals surface area (Å²) in [7, 11) is 0. The van der Waals surface area contributed by atoms with E-state index in [9.17, 15) is 0 Å².